The van der Waals surface area contributed by atoms with Crippen LogP contribution in [0.3, 0.4) is 0 Å². The van der Waals surface area contributed by atoms with Gasteiger partial charge in [0.15, 0.2) is 0 Å². The SMILES string of the molecule is CCOC(=O)C(N)CCSCC(=O)Nc1cccc(Br)c1. The van der Waals surface area contributed by atoms with Gasteiger partial charge in [-0.05, 0) is 37.3 Å². The standard InChI is InChI=1S/C14H19BrN2O3S/c1-2-20-14(19)12(16)6-7-21-9-13(18)17-11-5-3-4-10(15)8-11/h3-5,8,12H,2,6-7,9,16H2,1H3,(H,17,18). The van der Waals surface area contributed by atoms with Gasteiger partial charge in [-0.2, -0.15) is 11.8 Å². The third kappa shape index (κ3) is 7.50. The van der Waals surface area contributed by atoms with Gasteiger partial charge >= 0.3 is 5.97 Å². The van der Waals surface area contributed by atoms with Crippen LogP contribution < -0.4 is 11.1 Å². The molecule has 7 heteroatoms. The third-order valence-corrected chi connectivity index (χ3v) is 3.99. The van der Waals surface area contributed by atoms with E-state index in [0.29, 0.717) is 24.5 Å². The molecule has 0 saturated carbocycles. The normalized spacial score (nSPS) is 11.8. The van der Waals surface area contributed by atoms with Crippen LogP contribution in [0.15, 0.2) is 28.7 Å². The second-order valence-corrected chi connectivity index (χ2v) is 6.28. The minimum atomic E-state index is -0.620. The second kappa shape index (κ2) is 9.81. The van der Waals surface area contributed by atoms with Gasteiger partial charge in [-0.1, -0.05) is 22.0 Å². The molecule has 0 aliphatic rings. The number of esters is 1. The topological polar surface area (TPSA) is 81.4 Å². The average molecular weight is 375 g/mol. The fraction of sp³-hybridized carbons (Fsp3) is 0.429. The number of carbonyl (C=O) groups excluding carboxylic acids is 2. The maximum atomic E-state index is 11.7. The van der Waals surface area contributed by atoms with Gasteiger partial charge in [-0.3, -0.25) is 9.59 Å². The highest BCUT2D eigenvalue weighted by molar-refractivity contribution is 9.10. The average Bonchev–Trinajstić information content (AvgIpc) is 2.43. The zero-order valence-corrected chi connectivity index (χ0v) is 14.2. The van der Waals surface area contributed by atoms with Crippen LogP contribution in [0, 0.1) is 0 Å². The van der Waals surface area contributed by atoms with Crippen LogP contribution in [-0.4, -0.2) is 36.0 Å². The Morgan fingerprint density at radius 1 is 1.48 bits per heavy atom. The number of hydrogen-bond donors (Lipinski definition) is 2. The zero-order chi connectivity index (χ0) is 15.7. The molecular formula is C14H19BrN2O3S. The van der Waals surface area contributed by atoms with Crippen molar-refractivity contribution in [2.75, 3.05) is 23.4 Å². The molecule has 1 atom stereocenters. The summed E-state index contributed by atoms with van der Waals surface area (Å²) in [4.78, 5) is 23.0. The second-order valence-electron chi connectivity index (χ2n) is 4.26. The predicted molar refractivity (Wildman–Crippen MR) is 89.3 cm³/mol. The van der Waals surface area contributed by atoms with E-state index in [4.69, 9.17) is 10.5 Å². The number of ether oxygens (including phenoxy) is 1. The number of amides is 1. The van der Waals surface area contributed by atoms with Crippen LogP contribution in [0.1, 0.15) is 13.3 Å². The number of carbonyl (C=O) groups is 2. The Kier molecular flexibility index (Phi) is 8.41. The third-order valence-electron chi connectivity index (χ3n) is 2.50. The highest BCUT2D eigenvalue weighted by Gasteiger charge is 2.14. The van der Waals surface area contributed by atoms with E-state index in [1.54, 1.807) is 6.92 Å². The van der Waals surface area contributed by atoms with Gasteiger partial charge in [0.25, 0.3) is 0 Å². The Morgan fingerprint density at radius 2 is 2.24 bits per heavy atom. The minimum absolute atomic E-state index is 0.0807. The van der Waals surface area contributed by atoms with Gasteiger partial charge in [-0.15, -0.1) is 0 Å². The van der Waals surface area contributed by atoms with Crippen molar-refractivity contribution in [1.82, 2.24) is 0 Å². The van der Waals surface area contributed by atoms with E-state index in [2.05, 4.69) is 21.2 Å². The molecule has 0 aromatic heterocycles. The van der Waals surface area contributed by atoms with Crippen molar-refractivity contribution in [2.45, 2.75) is 19.4 Å². The van der Waals surface area contributed by atoms with Crippen LogP contribution in [0.4, 0.5) is 5.69 Å². The molecule has 1 amide bonds. The van der Waals surface area contributed by atoms with Crippen molar-refractivity contribution < 1.29 is 14.3 Å². The summed E-state index contributed by atoms with van der Waals surface area (Å²) in [7, 11) is 0. The van der Waals surface area contributed by atoms with Crippen molar-refractivity contribution in [3.05, 3.63) is 28.7 Å². The van der Waals surface area contributed by atoms with Gasteiger partial charge in [0.1, 0.15) is 6.04 Å². The summed E-state index contributed by atoms with van der Waals surface area (Å²) in [6.45, 7) is 2.07. The Bertz CT molecular complexity index is 485. The number of anilines is 1. The summed E-state index contributed by atoms with van der Waals surface area (Å²) in [6.07, 6.45) is 0.494. The van der Waals surface area contributed by atoms with Gasteiger partial charge in [0.05, 0.1) is 12.4 Å². The van der Waals surface area contributed by atoms with E-state index >= 15 is 0 Å². The molecule has 116 valence electrons. The van der Waals surface area contributed by atoms with E-state index < -0.39 is 12.0 Å². The molecule has 0 bridgehead atoms. The molecular weight excluding hydrogens is 356 g/mol. The molecule has 0 aliphatic heterocycles. The summed E-state index contributed by atoms with van der Waals surface area (Å²) < 4.78 is 5.73. The first-order valence-corrected chi connectivity index (χ1v) is 8.53. The predicted octanol–water partition coefficient (Wildman–Crippen LogP) is 2.40. The molecule has 1 aromatic carbocycles. The number of halogens is 1. The molecule has 1 aromatic rings. The molecule has 21 heavy (non-hydrogen) atoms. The number of nitrogens with one attached hydrogen (secondary N) is 1. The van der Waals surface area contributed by atoms with Crippen molar-refractivity contribution in [3.8, 4) is 0 Å². The Balaban J connectivity index is 2.20. The largest absolute Gasteiger partial charge is 0.465 e. The highest BCUT2D eigenvalue weighted by Crippen LogP contribution is 2.16. The first kappa shape index (κ1) is 18.0. The van der Waals surface area contributed by atoms with E-state index in [1.807, 2.05) is 24.3 Å². The number of thioether (sulfide) groups is 1. The molecule has 0 aliphatic carbocycles. The van der Waals surface area contributed by atoms with Crippen LogP contribution in [0.5, 0.6) is 0 Å². The first-order chi connectivity index (χ1) is 10.0. The minimum Gasteiger partial charge on any atom is -0.465 e. The van der Waals surface area contributed by atoms with Crippen molar-refractivity contribution in [3.63, 3.8) is 0 Å². The van der Waals surface area contributed by atoms with Crippen LogP contribution in [0.25, 0.3) is 0 Å². The summed E-state index contributed by atoms with van der Waals surface area (Å²) in [5.41, 5.74) is 6.42. The number of hydrogen-bond acceptors (Lipinski definition) is 5. The van der Waals surface area contributed by atoms with E-state index in [9.17, 15) is 9.59 Å². The van der Waals surface area contributed by atoms with Crippen LogP contribution in [0.2, 0.25) is 0 Å². The monoisotopic (exact) mass is 374 g/mol. The molecule has 3 N–H and O–H groups in total. The van der Waals surface area contributed by atoms with Crippen LogP contribution in [-0.2, 0) is 14.3 Å². The number of rotatable bonds is 8. The lowest BCUT2D eigenvalue weighted by molar-refractivity contribution is -0.144. The Morgan fingerprint density at radius 3 is 2.90 bits per heavy atom. The Hall–Kier alpha value is -1.05. The number of benzene rings is 1. The fourth-order valence-electron chi connectivity index (χ4n) is 1.51. The van der Waals surface area contributed by atoms with E-state index in [1.165, 1.54) is 11.8 Å². The molecule has 0 heterocycles. The molecule has 1 unspecified atom stereocenters. The van der Waals surface area contributed by atoms with Gasteiger partial charge in [0.2, 0.25) is 5.91 Å². The van der Waals surface area contributed by atoms with Crippen molar-refractivity contribution >= 4 is 45.3 Å². The molecule has 0 radical (unpaired) electrons. The maximum absolute atomic E-state index is 11.7. The van der Waals surface area contributed by atoms with Crippen molar-refractivity contribution in [2.24, 2.45) is 5.73 Å². The van der Waals surface area contributed by atoms with E-state index in [0.717, 1.165) is 10.2 Å². The van der Waals surface area contributed by atoms with Crippen molar-refractivity contribution in [1.29, 1.82) is 0 Å². The summed E-state index contributed by atoms with van der Waals surface area (Å²) in [6, 6.07) is 6.78. The lowest BCUT2D eigenvalue weighted by Gasteiger charge is -2.10. The van der Waals surface area contributed by atoms with Gasteiger partial charge in [-0.25, -0.2) is 0 Å². The van der Waals surface area contributed by atoms with Gasteiger partial charge < -0.3 is 15.8 Å². The smallest absolute Gasteiger partial charge is 0.322 e. The first-order valence-electron chi connectivity index (χ1n) is 6.58. The lowest BCUT2D eigenvalue weighted by atomic mass is 10.2. The highest BCUT2D eigenvalue weighted by atomic mass is 79.9. The molecule has 0 spiro atoms. The summed E-state index contributed by atoms with van der Waals surface area (Å²) >= 11 is 4.78. The van der Waals surface area contributed by atoms with Crippen LogP contribution >= 0.6 is 27.7 Å². The number of nitrogens with two attached hydrogens (primary N) is 1. The fourth-order valence-corrected chi connectivity index (χ4v) is 2.73. The molecule has 5 nitrogen and oxygen atoms in total. The molecule has 0 saturated heterocycles. The Labute approximate surface area is 137 Å². The zero-order valence-electron chi connectivity index (χ0n) is 11.8. The van der Waals surface area contributed by atoms with E-state index in [-0.39, 0.29) is 5.91 Å². The lowest BCUT2D eigenvalue weighted by Crippen LogP contribution is -2.32. The maximum Gasteiger partial charge on any atom is 0.322 e. The summed E-state index contributed by atoms with van der Waals surface area (Å²) in [5.74, 6) is 0.480. The van der Waals surface area contributed by atoms with Gasteiger partial charge in [0, 0.05) is 10.2 Å². The summed E-state index contributed by atoms with van der Waals surface area (Å²) in [5, 5.41) is 2.80. The molecule has 0 fully saturated rings. The quantitative estimate of drug-likeness (QED) is 0.539. The molecule has 1 rings (SSSR count).